The topological polar surface area (TPSA) is 74.8 Å². The quantitative estimate of drug-likeness (QED) is 0.530. The van der Waals surface area contributed by atoms with Gasteiger partial charge in [0.25, 0.3) is 0 Å². The van der Waals surface area contributed by atoms with Crippen LogP contribution in [-0.4, -0.2) is 34.3 Å². The third kappa shape index (κ3) is 3.08. The molecule has 5 rings (SSSR count). The third-order valence-electron chi connectivity index (χ3n) is 7.00. The fourth-order valence-corrected chi connectivity index (χ4v) is 5.40. The lowest BCUT2D eigenvalue weighted by Gasteiger charge is -2.37. The maximum absolute atomic E-state index is 13.8. The van der Waals surface area contributed by atoms with Gasteiger partial charge in [-0.2, -0.15) is 0 Å². The van der Waals surface area contributed by atoms with Gasteiger partial charge in [-0.25, -0.2) is 4.90 Å². The molecule has 0 aromatic heterocycles. The molecule has 6 heteroatoms. The summed E-state index contributed by atoms with van der Waals surface area (Å²) in [5.74, 6) is -2.23. The molecule has 6 nitrogen and oxygen atoms in total. The predicted molar refractivity (Wildman–Crippen MR) is 124 cm³/mol. The molecule has 0 spiro atoms. The molecule has 3 aliphatic rings. The molecule has 2 saturated heterocycles. The van der Waals surface area contributed by atoms with E-state index in [1.807, 2.05) is 62.2 Å². The second kappa shape index (κ2) is 7.24. The smallest absolute Gasteiger partial charge is 0.240 e. The summed E-state index contributed by atoms with van der Waals surface area (Å²) < 4.78 is 0. The van der Waals surface area contributed by atoms with Gasteiger partial charge < -0.3 is 4.90 Å². The molecular weight excluding hydrogens is 416 g/mol. The summed E-state index contributed by atoms with van der Waals surface area (Å²) in [4.78, 5) is 55.9. The molecule has 0 N–H and O–H groups in total. The van der Waals surface area contributed by atoms with Gasteiger partial charge in [0.05, 0.1) is 23.6 Å². The molecule has 0 radical (unpaired) electrons. The summed E-state index contributed by atoms with van der Waals surface area (Å²) in [6, 6.07) is 13.2. The Hall–Kier alpha value is -3.54. The van der Waals surface area contributed by atoms with E-state index in [1.54, 1.807) is 24.3 Å². The first-order valence-corrected chi connectivity index (χ1v) is 11.2. The fourth-order valence-electron chi connectivity index (χ4n) is 5.40. The van der Waals surface area contributed by atoms with Crippen LogP contribution in [0.2, 0.25) is 0 Å². The van der Waals surface area contributed by atoms with Gasteiger partial charge in [0.1, 0.15) is 6.04 Å². The van der Waals surface area contributed by atoms with Crippen molar-refractivity contribution in [1.82, 2.24) is 4.90 Å². The van der Waals surface area contributed by atoms with Crippen LogP contribution in [0.1, 0.15) is 55.2 Å². The summed E-state index contributed by atoms with van der Waals surface area (Å²) in [6.45, 7) is 7.01. The first-order chi connectivity index (χ1) is 15.6. The Labute approximate surface area is 192 Å². The molecule has 33 heavy (non-hydrogen) atoms. The summed E-state index contributed by atoms with van der Waals surface area (Å²) in [6.07, 6.45) is 3.81. The minimum Gasteiger partial charge on any atom is -0.359 e. The number of carbonyl (C=O) groups excluding carboxylic acids is 4. The highest BCUT2D eigenvalue weighted by molar-refractivity contribution is 6.24. The van der Waals surface area contributed by atoms with Crippen molar-refractivity contribution >= 4 is 35.1 Å². The van der Waals surface area contributed by atoms with Gasteiger partial charge in [-0.1, -0.05) is 45.0 Å². The van der Waals surface area contributed by atoms with E-state index in [2.05, 4.69) is 0 Å². The zero-order valence-electron chi connectivity index (χ0n) is 19.1. The Bertz CT molecular complexity index is 1220. The van der Waals surface area contributed by atoms with Crippen LogP contribution in [0.15, 0.2) is 54.7 Å². The van der Waals surface area contributed by atoms with Crippen molar-refractivity contribution in [1.29, 1.82) is 0 Å². The van der Waals surface area contributed by atoms with Crippen molar-refractivity contribution in [2.45, 2.75) is 39.8 Å². The largest absolute Gasteiger partial charge is 0.359 e. The van der Waals surface area contributed by atoms with E-state index < -0.39 is 23.3 Å². The van der Waals surface area contributed by atoms with Crippen LogP contribution in [0, 0.1) is 17.3 Å². The molecule has 0 aliphatic carbocycles. The van der Waals surface area contributed by atoms with Gasteiger partial charge in [0, 0.05) is 17.2 Å². The zero-order valence-corrected chi connectivity index (χ0v) is 19.1. The fraction of sp³-hybridized carbons (Fsp3) is 0.333. The van der Waals surface area contributed by atoms with Crippen LogP contribution in [0.4, 0.5) is 5.69 Å². The molecule has 0 bridgehead atoms. The molecule has 168 valence electrons. The number of anilines is 1. The number of rotatable bonds is 3. The summed E-state index contributed by atoms with van der Waals surface area (Å²) in [5.41, 5.74) is 2.21. The summed E-state index contributed by atoms with van der Waals surface area (Å²) in [7, 11) is 0. The van der Waals surface area contributed by atoms with E-state index in [0.717, 1.165) is 11.1 Å². The second-order valence-electron chi connectivity index (χ2n) is 10.1. The zero-order chi connectivity index (χ0) is 23.7. The third-order valence-corrected chi connectivity index (χ3v) is 7.00. The molecule has 2 amide bonds. The summed E-state index contributed by atoms with van der Waals surface area (Å²) >= 11 is 0. The molecule has 3 heterocycles. The number of imide groups is 1. The van der Waals surface area contributed by atoms with E-state index in [-0.39, 0.29) is 29.4 Å². The van der Waals surface area contributed by atoms with Gasteiger partial charge in [-0.3, -0.25) is 19.2 Å². The molecule has 2 aromatic rings. The van der Waals surface area contributed by atoms with Crippen LogP contribution >= 0.6 is 0 Å². The van der Waals surface area contributed by atoms with E-state index in [9.17, 15) is 19.2 Å². The highest BCUT2D eigenvalue weighted by Gasteiger charge is 2.65. The van der Waals surface area contributed by atoms with Gasteiger partial charge in [0.15, 0.2) is 11.6 Å². The number of carbonyl (C=O) groups is 4. The Morgan fingerprint density at radius 1 is 0.879 bits per heavy atom. The van der Waals surface area contributed by atoms with Crippen molar-refractivity contribution in [3.63, 3.8) is 0 Å². The average Bonchev–Trinajstić information content (AvgIpc) is 3.25. The van der Waals surface area contributed by atoms with Crippen molar-refractivity contribution < 1.29 is 19.2 Å². The lowest BCUT2D eigenvalue weighted by atomic mass is 9.79. The van der Waals surface area contributed by atoms with Crippen LogP contribution in [0.5, 0.6) is 0 Å². The first-order valence-electron chi connectivity index (χ1n) is 11.2. The minimum atomic E-state index is -0.766. The standard InChI is InChI=1S/C27H26N2O4/c1-15(30)16-9-11-18(12-10-16)29-25(32)20-21(26(29)33)23(24(31)27(2,3)4)28-14-13-17-7-5-6-8-19(17)22(20)28/h5-14,20-23H,1-4H3/t20-,21+,22-,23-/m1/s1. The number of nitrogens with zero attached hydrogens (tertiary/aromatic N) is 2. The Kier molecular flexibility index (Phi) is 4.67. The molecule has 0 unspecified atom stereocenters. The average molecular weight is 443 g/mol. The molecule has 2 aromatic carbocycles. The molecule has 2 fully saturated rings. The summed E-state index contributed by atoms with van der Waals surface area (Å²) in [5, 5.41) is 0. The van der Waals surface area contributed by atoms with E-state index in [4.69, 9.17) is 0 Å². The SMILES string of the molecule is CC(=O)c1ccc(N2C(=O)[C@@H]3[C@H](C2=O)[C@H](C(=O)C(C)(C)C)N2C=Cc4ccccc4[C@H]32)cc1. The van der Waals surface area contributed by atoms with Crippen molar-refractivity contribution in [3.05, 3.63) is 71.4 Å². The number of hydrogen-bond acceptors (Lipinski definition) is 5. The molecule has 3 aliphatic heterocycles. The first kappa shape index (κ1) is 21.3. The number of hydrogen-bond donors (Lipinski definition) is 0. The Balaban J connectivity index is 1.63. The lowest BCUT2D eigenvalue weighted by molar-refractivity contribution is -0.135. The van der Waals surface area contributed by atoms with Gasteiger partial charge >= 0.3 is 0 Å². The molecule has 0 saturated carbocycles. The van der Waals surface area contributed by atoms with Crippen LogP contribution < -0.4 is 4.90 Å². The number of Topliss-reactive ketones (excluding diaryl/α,β-unsaturated/α-hetero) is 2. The number of benzene rings is 2. The van der Waals surface area contributed by atoms with Crippen molar-refractivity contribution in [3.8, 4) is 0 Å². The van der Waals surface area contributed by atoms with Crippen LogP contribution in [0.25, 0.3) is 6.08 Å². The Morgan fingerprint density at radius 3 is 2.15 bits per heavy atom. The van der Waals surface area contributed by atoms with Gasteiger partial charge in [0.2, 0.25) is 11.8 Å². The lowest BCUT2D eigenvalue weighted by Crippen LogP contribution is -2.47. The number of fused-ring (bicyclic) bond motifs is 5. The number of amides is 2. The highest BCUT2D eigenvalue weighted by Crippen LogP contribution is 2.54. The van der Waals surface area contributed by atoms with Crippen LogP contribution in [0.3, 0.4) is 0 Å². The number of ketones is 2. The predicted octanol–water partition coefficient (Wildman–Crippen LogP) is 4.02. The Morgan fingerprint density at radius 2 is 1.52 bits per heavy atom. The van der Waals surface area contributed by atoms with Gasteiger partial charge in [-0.15, -0.1) is 0 Å². The van der Waals surface area contributed by atoms with Crippen LogP contribution in [-0.2, 0) is 14.4 Å². The van der Waals surface area contributed by atoms with Gasteiger partial charge in [-0.05, 0) is 48.4 Å². The van der Waals surface area contributed by atoms with Crippen molar-refractivity contribution in [2.24, 2.45) is 17.3 Å². The highest BCUT2D eigenvalue weighted by atomic mass is 16.2. The van der Waals surface area contributed by atoms with E-state index in [1.165, 1.54) is 11.8 Å². The molecular formula is C27H26N2O4. The minimum absolute atomic E-state index is 0.0565. The second-order valence-corrected chi connectivity index (χ2v) is 10.1. The normalized spacial score (nSPS) is 25.7. The van der Waals surface area contributed by atoms with E-state index in [0.29, 0.717) is 11.3 Å². The molecule has 4 atom stereocenters. The maximum atomic E-state index is 13.8. The maximum Gasteiger partial charge on any atom is 0.240 e. The monoisotopic (exact) mass is 442 g/mol. The van der Waals surface area contributed by atoms with Crippen molar-refractivity contribution in [2.75, 3.05) is 4.90 Å². The van der Waals surface area contributed by atoms with E-state index >= 15 is 0 Å².